The minimum absolute atomic E-state index is 0.624. The summed E-state index contributed by atoms with van der Waals surface area (Å²) in [7, 11) is 0. The molecule has 0 aliphatic carbocycles. The molecule has 11 rings (SSSR count). The predicted molar refractivity (Wildman–Crippen MR) is 233 cm³/mol. The van der Waals surface area contributed by atoms with Crippen molar-refractivity contribution in [2.75, 3.05) is 0 Å². The summed E-state index contributed by atoms with van der Waals surface area (Å²) >= 11 is 1.85. The van der Waals surface area contributed by atoms with Gasteiger partial charge in [-0.05, 0) is 75.8 Å². The van der Waals surface area contributed by atoms with Crippen LogP contribution in [-0.4, -0.2) is 15.0 Å². The molecule has 4 nitrogen and oxygen atoms in total. The number of hydrogen-bond acceptors (Lipinski definition) is 5. The lowest BCUT2D eigenvalue weighted by Gasteiger charge is -2.10. The molecule has 56 heavy (non-hydrogen) atoms. The van der Waals surface area contributed by atoms with Crippen molar-refractivity contribution in [1.82, 2.24) is 15.0 Å². The largest absolute Gasteiger partial charge is 0.456 e. The van der Waals surface area contributed by atoms with Gasteiger partial charge in [-0.2, -0.15) is 0 Å². The van der Waals surface area contributed by atoms with Crippen molar-refractivity contribution in [1.29, 1.82) is 0 Å². The molecule has 0 aliphatic heterocycles. The van der Waals surface area contributed by atoms with Crippen LogP contribution in [0.15, 0.2) is 192 Å². The van der Waals surface area contributed by atoms with Crippen LogP contribution < -0.4 is 0 Å². The smallest absolute Gasteiger partial charge is 0.164 e. The van der Waals surface area contributed by atoms with Gasteiger partial charge in [-0.15, -0.1) is 11.3 Å². The normalized spacial score (nSPS) is 11.6. The summed E-state index contributed by atoms with van der Waals surface area (Å²) in [5, 5.41) is 4.75. The first-order valence-electron chi connectivity index (χ1n) is 18.7. The zero-order valence-corrected chi connectivity index (χ0v) is 30.9. The van der Waals surface area contributed by atoms with Crippen LogP contribution in [0.25, 0.3) is 110 Å². The molecule has 0 N–H and O–H groups in total. The lowest BCUT2D eigenvalue weighted by molar-refractivity contribution is 0.669. The molecule has 0 aliphatic rings. The monoisotopic (exact) mass is 733 g/mol. The number of hydrogen-bond donors (Lipinski definition) is 0. The Labute approximate surface area is 327 Å². The molecule has 0 saturated carbocycles. The minimum atomic E-state index is 0.624. The van der Waals surface area contributed by atoms with E-state index in [1.807, 2.05) is 72.0 Å². The van der Waals surface area contributed by atoms with Crippen molar-refractivity contribution in [2.45, 2.75) is 0 Å². The zero-order chi connectivity index (χ0) is 37.0. The summed E-state index contributed by atoms with van der Waals surface area (Å²) in [4.78, 5) is 14.9. The van der Waals surface area contributed by atoms with Crippen LogP contribution in [0.4, 0.5) is 0 Å². The fourth-order valence-corrected chi connectivity index (χ4v) is 8.90. The number of benzene rings is 8. The Kier molecular flexibility index (Phi) is 7.64. The van der Waals surface area contributed by atoms with Gasteiger partial charge in [0.05, 0.1) is 0 Å². The summed E-state index contributed by atoms with van der Waals surface area (Å²) in [5.41, 5.74) is 11.5. The second kappa shape index (κ2) is 13.3. The van der Waals surface area contributed by atoms with E-state index in [-0.39, 0.29) is 0 Å². The molecule has 0 unspecified atom stereocenters. The Hall–Kier alpha value is -7.21. The van der Waals surface area contributed by atoms with Gasteiger partial charge in [-0.1, -0.05) is 146 Å². The maximum Gasteiger partial charge on any atom is 0.164 e. The highest BCUT2D eigenvalue weighted by molar-refractivity contribution is 7.25. The molecule has 0 spiro atoms. The number of furan rings is 1. The minimum Gasteiger partial charge on any atom is -0.456 e. The molecule has 11 aromatic rings. The van der Waals surface area contributed by atoms with Crippen LogP contribution >= 0.6 is 11.3 Å². The molecule has 0 fully saturated rings. The second-order valence-electron chi connectivity index (χ2n) is 14.0. The van der Waals surface area contributed by atoms with Gasteiger partial charge in [0.2, 0.25) is 0 Å². The van der Waals surface area contributed by atoms with Gasteiger partial charge < -0.3 is 4.42 Å². The average Bonchev–Trinajstić information content (AvgIpc) is 3.84. The molecule has 0 amide bonds. The van der Waals surface area contributed by atoms with Gasteiger partial charge in [0.1, 0.15) is 11.2 Å². The Bertz CT molecular complexity index is 3180. The summed E-state index contributed by atoms with van der Waals surface area (Å²) in [6.07, 6.45) is 0. The third-order valence-corrected chi connectivity index (χ3v) is 11.7. The molecule has 3 heterocycles. The molecular formula is C51H31N3OS. The standard InChI is InChI=1S/C51H31N3OS/c1-4-12-32(13-5-1)35-24-27-46-42(29-35)41-25-22-37(31-47(41)56-46)36-23-26-44-43(30-36)48-40(20-11-21-45(48)55-44)38-18-10-19-39(28-38)51-53-49(33-14-6-2-7-15-33)52-50(54-51)34-16-8-3-9-17-34/h1-31H. The van der Waals surface area contributed by atoms with E-state index in [1.165, 1.54) is 36.9 Å². The Morgan fingerprint density at radius 2 is 0.875 bits per heavy atom. The van der Waals surface area contributed by atoms with Crippen molar-refractivity contribution in [3.8, 4) is 67.5 Å². The van der Waals surface area contributed by atoms with E-state index in [0.717, 1.165) is 55.3 Å². The summed E-state index contributed by atoms with van der Waals surface area (Å²) in [6.45, 7) is 0. The highest BCUT2D eigenvalue weighted by Crippen LogP contribution is 2.42. The van der Waals surface area contributed by atoms with Gasteiger partial charge in [0.15, 0.2) is 17.5 Å². The molecule has 0 atom stereocenters. The van der Waals surface area contributed by atoms with E-state index in [4.69, 9.17) is 19.4 Å². The van der Waals surface area contributed by atoms with Crippen molar-refractivity contribution in [3.63, 3.8) is 0 Å². The molecular weight excluding hydrogens is 703 g/mol. The quantitative estimate of drug-likeness (QED) is 0.171. The molecule has 0 bridgehead atoms. The van der Waals surface area contributed by atoms with E-state index in [0.29, 0.717) is 17.5 Å². The van der Waals surface area contributed by atoms with E-state index in [2.05, 4.69) is 127 Å². The number of fused-ring (bicyclic) bond motifs is 6. The van der Waals surface area contributed by atoms with Gasteiger partial charge in [-0.3, -0.25) is 0 Å². The first kappa shape index (κ1) is 32.2. The fourth-order valence-electron chi connectivity index (χ4n) is 7.78. The molecule has 8 aromatic carbocycles. The van der Waals surface area contributed by atoms with Crippen molar-refractivity contribution in [3.05, 3.63) is 188 Å². The third-order valence-electron chi connectivity index (χ3n) is 10.5. The maximum absolute atomic E-state index is 6.48. The molecule has 5 heteroatoms. The summed E-state index contributed by atoms with van der Waals surface area (Å²) < 4.78 is 9.05. The Balaban J connectivity index is 1.00. The van der Waals surface area contributed by atoms with Crippen molar-refractivity contribution in [2.24, 2.45) is 0 Å². The van der Waals surface area contributed by atoms with Crippen LogP contribution in [0, 0.1) is 0 Å². The highest BCUT2D eigenvalue weighted by Gasteiger charge is 2.17. The zero-order valence-electron chi connectivity index (χ0n) is 30.1. The predicted octanol–water partition coefficient (Wildman–Crippen LogP) is 14.1. The van der Waals surface area contributed by atoms with E-state index in [1.54, 1.807) is 0 Å². The van der Waals surface area contributed by atoms with Gasteiger partial charge in [0, 0.05) is 47.6 Å². The third kappa shape index (κ3) is 5.65. The number of aromatic nitrogens is 3. The maximum atomic E-state index is 6.48. The number of rotatable bonds is 6. The van der Waals surface area contributed by atoms with Gasteiger partial charge in [-0.25, -0.2) is 15.0 Å². The van der Waals surface area contributed by atoms with Crippen LogP contribution in [0.2, 0.25) is 0 Å². The van der Waals surface area contributed by atoms with Crippen molar-refractivity contribution >= 4 is 53.4 Å². The molecule has 0 saturated heterocycles. The number of nitrogens with zero attached hydrogens (tertiary/aromatic N) is 3. The average molecular weight is 734 g/mol. The summed E-state index contributed by atoms with van der Waals surface area (Å²) in [5.74, 6) is 1.90. The van der Waals surface area contributed by atoms with Crippen LogP contribution in [-0.2, 0) is 0 Å². The van der Waals surface area contributed by atoms with Crippen LogP contribution in [0.5, 0.6) is 0 Å². The molecule has 0 radical (unpaired) electrons. The lowest BCUT2D eigenvalue weighted by Crippen LogP contribution is -2.00. The van der Waals surface area contributed by atoms with Crippen LogP contribution in [0.1, 0.15) is 0 Å². The summed E-state index contributed by atoms with van der Waals surface area (Å²) in [6, 6.07) is 65.8. The first-order chi connectivity index (χ1) is 27.7. The first-order valence-corrected chi connectivity index (χ1v) is 19.5. The van der Waals surface area contributed by atoms with E-state index >= 15 is 0 Å². The van der Waals surface area contributed by atoms with Gasteiger partial charge >= 0.3 is 0 Å². The fraction of sp³-hybridized carbons (Fsp3) is 0. The molecule has 3 aromatic heterocycles. The van der Waals surface area contributed by atoms with Gasteiger partial charge in [0.25, 0.3) is 0 Å². The molecule has 262 valence electrons. The van der Waals surface area contributed by atoms with Crippen LogP contribution in [0.3, 0.4) is 0 Å². The SMILES string of the molecule is c1ccc(-c2ccc3sc4cc(-c5ccc6oc7cccc(-c8cccc(-c9nc(-c%10ccccc%10)nc(-c%10ccccc%10)n9)c8)c7c6c5)ccc4c3c2)cc1. The second-order valence-corrected chi connectivity index (χ2v) is 15.1. The highest BCUT2D eigenvalue weighted by atomic mass is 32.1. The van der Waals surface area contributed by atoms with Crippen molar-refractivity contribution < 1.29 is 4.42 Å². The Morgan fingerprint density at radius 1 is 0.321 bits per heavy atom. The topological polar surface area (TPSA) is 51.8 Å². The van der Waals surface area contributed by atoms with E-state index < -0.39 is 0 Å². The lowest BCUT2D eigenvalue weighted by atomic mass is 9.96. The Morgan fingerprint density at radius 3 is 1.61 bits per heavy atom. The van der Waals surface area contributed by atoms with E-state index in [9.17, 15) is 0 Å². The number of thiophene rings is 1.